The number of nitrogens with one attached hydrogen (secondary N) is 1. The summed E-state index contributed by atoms with van der Waals surface area (Å²) in [5.41, 5.74) is 4.01. The minimum Gasteiger partial charge on any atom is -0.271 e. The quantitative estimate of drug-likeness (QED) is 0.632. The van der Waals surface area contributed by atoms with Gasteiger partial charge in [0.25, 0.3) is 0 Å². The molecule has 0 aliphatic carbocycles. The number of nitrogens with two attached hydrogens (primary N) is 1. The molecule has 1 aliphatic rings. The van der Waals surface area contributed by atoms with Crippen molar-refractivity contribution in [1.29, 1.82) is 0 Å². The van der Waals surface area contributed by atoms with Crippen molar-refractivity contribution >= 4 is 23.4 Å². The molecule has 0 amide bonds. The van der Waals surface area contributed by atoms with Gasteiger partial charge in [0.2, 0.25) is 0 Å². The van der Waals surface area contributed by atoms with E-state index in [9.17, 15) is 0 Å². The minimum absolute atomic E-state index is 0.172. The zero-order valence-electron chi connectivity index (χ0n) is 8.45. The number of hydrazine groups is 1. The van der Waals surface area contributed by atoms with Crippen molar-refractivity contribution < 1.29 is 0 Å². The van der Waals surface area contributed by atoms with Crippen LogP contribution in [0.15, 0.2) is 24.3 Å². The highest BCUT2D eigenvalue weighted by Gasteiger charge is 2.27. The molecule has 1 aromatic rings. The highest BCUT2D eigenvalue weighted by atomic mass is 35.5. The van der Waals surface area contributed by atoms with Gasteiger partial charge in [-0.05, 0) is 30.2 Å². The molecule has 0 radical (unpaired) electrons. The lowest BCUT2D eigenvalue weighted by molar-refractivity contribution is 0.520. The largest absolute Gasteiger partial charge is 0.271 e. The minimum atomic E-state index is 0.172. The molecule has 4 heteroatoms. The van der Waals surface area contributed by atoms with E-state index >= 15 is 0 Å². The fourth-order valence-electron chi connectivity index (χ4n) is 1.99. The SMILES string of the molecule is NNC(c1ccccc1Cl)C1CCCS1. The van der Waals surface area contributed by atoms with E-state index < -0.39 is 0 Å². The molecule has 1 aromatic carbocycles. The van der Waals surface area contributed by atoms with E-state index in [1.54, 1.807) is 0 Å². The summed E-state index contributed by atoms with van der Waals surface area (Å²) in [5, 5.41) is 1.35. The predicted molar refractivity (Wildman–Crippen MR) is 67.0 cm³/mol. The Morgan fingerprint density at radius 1 is 1.47 bits per heavy atom. The van der Waals surface area contributed by atoms with Gasteiger partial charge < -0.3 is 0 Å². The summed E-state index contributed by atoms with van der Waals surface area (Å²) in [6.07, 6.45) is 2.49. The van der Waals surface area contributed by atoms with E-state index in [4.69, 9.17) is 17.4 Å². The molecule has 2 nitrogen and oxygen atoms in total. The summed E-state index contributed by atoms with van der Waals surface area (Å²) in [6.45, 7) is 0. The predicted octanol–water partition coefficient (Wildman–Crippen LogP) is 2.74. The fourth-order valence-corrected chi connectivity index (χ4v) is 3.63. The Morgan fingerprint density at radius 3 is 2.87 bits per heavy atom. The van der Waals surface area contributed by atoms with Gasteiger partial charge in [0, 0.05) is 10.3 Å². The number of hydrogen-bond donors (Lipinski definition) is 2. The summed E-state index contributed by atoms with van der Waals surface area (Å²) in [4.78, 5) is 0. The summed E-state index contributed by atoms with van der Waals surface area (Å²) >= 11 is 8.15. The Hall–Kier alpha value is -0.220. The van der Waals surface area contributed by atoms with E-state index in [-0.39, 0.29) is 6.04 Å². The first-order valence-corrected chi connectivity index (χ1v) is 6.58. The third-order valence-electron chi connectivity index (χ3n) is 2.76. The second kappa shape index (κ2) is 5.21. The molecule has 2 atom stereocenters. The van der Waals surface area contributed by atoms with E-state index in [0.29, 0.717) is 5.25 Å². The number of rotatable bonds is 3. The molecule has 0 spiro atoms. The van der Waals surface area contributed by atoms with Gasteiger partial charge in [-0.2, -0.15) is 11.8 Å². The van der Waals surface area contributed by atoms with Crippen LogP contribution >= 0.6 is 23.4 Å². The zero-order valence-corrected chi connectivity index (χ0v) is 10.0. The van der Waals surface area contributed by atoms with E-state index in [1.807, 2.05) is 36.0 Å². The van der Waals surface area contributed by atoms with Crippen molar-refractivity contribution in [3.63, 3.8) is 0 Å². The monoisotopic (exact) mass is 242 g/mol. The molecular formula is C11H15ClN2S. The van der Waals surface area contributed by atoms with Crippen molar-refractivity contribution in [3.05, 3.63) is 34.9 Å². The molecule has 2 rings (SSSR count). The first-order chi connectivity index (χ1) is 7.33. The van der Waals surface area contributed by atoms with Crippen LogP contribution in [0.25, 0.3) is 0 Å². The normalized spacial score (nSPS) is 22.9. The first-order valence-electron chi connectivity index (χ1n) is 5.15. The Morgan fingerprint density at radius 2 is 2.27 bits per heavy atom. The smallest absolute Gasteiger partial charge is 0.0593 e. The van der Waals surface area contributed by atoms with Gasteiger partial charge in [-0.3, -0.25) is 11.3 Å². The summed E-state index contributed by atoms with van der Waals surface area (Å²) in [7, 11) is 0. The maximum atomic E-state index is 6.17. The molecule has 1 saturated heterocycles. The van der Waals surface area contributed by atoms with Crippen molar-refractivity contribution in [3.8, 4) is 0 Å². The number of benzene rings is 1. The Kier molecular flexibility index (Phi) is 3.92. The molecule has 0 bridgehead atoms. The van der Waals surface area contributed by atoms with Crippen molar-refractivity contribution in [2.75, 3.05) is 5.75 Å². The van der Waals surface area contributed by atoms with Crippen LogP contribution in [0, 0.1) is 0 Å². The van der Waals surface area contributed by atoms with E-state index in [1.165, 1.54) is 18.6 Å². The van der Waals surface area contributed by atoms with Crippen LogP contribution in [0.5, 0.6) is 0 Å². The van der Waals surface area contributed by atoms with Gasteiger partial charge in [-0.15, -0.1) is 0 Å². The van der Waals surface area contributed by atoms with Crippen LogP contribution in [0.2, 0.25) is 5.02 Å². The van der Waals surface area contributed by atoms with Crippen molar-refractivity contribution in [2.45, 2.75) is 24.1 Å². The second-order valence-corrected chi connectivity index (χ2v) is 5.47. The van der Waals surface area contributed by atoms with Crippen LogP contribution in [0.4, 0.5) is 0 Å². The summed E-state index contributed by atoms with van der Waals surface area (Å²) < 4.78 is 0. The highest BCUT2D eigenvalue weighted by molar-refractivity contribution is 8.00. The van der Waals surface area contributed by atoms with Crippen molar-refractivity contribution in [1.82, 2.24) is 5.43 Å². The van der Waals surface area contributed by atoms with Gasteiger partial charge in [-0.1, -0.05) is 29.8 Å². The summed E-state index contributed by atoms with van der Waals surface area (Å²) in [6, 6.07) is 8.09. The Balaban J connectivity index is 2.22. The molecular weight excluding hydrogens is 228 g/mol. The van der Waals surface area contributed by atoms with Gasteiger partial charge >= 0.3 is 0 Å². The summed E-state index contributed by atoms with van der Waals surface area (Å²) in [5.74, 6) is 6.86. The standard InChI is InChI=1S/C11H15ClN2S/c12-9-5-2-1-4-8(9)11(14-13)10-6-3-7-15-10/h1-2,4-5,10-11,14H,3,6-7,13H2. The molecule has 1 aliphatic heterocycles. The molecule has 1 heterocycles. The third kappa shape index (κ3) is 2.48. The van der Waals surface area contributed by atoms with Gasteiger partial charge in [0.05, 0.1) is 6.04 Å². The van der Waals surface area contributed by atoms with Crippen LogP contribution in [0.1, 0.15) is 24.4 Å². The number of thioether (sulfide) groups is 1. The maximum Gasteiger partial charge on any atom is 0.0593 e. The third-order valence-corrected chi connectivity index (χ3v) is 4.56. The molecule has 3 N–H and O–H groups in total. The van der Waals surface area contributed by atoms with Gasteiger partial charge in [-0.25, -0.2) is 0 Å². The lowest BCUT2D eigenvalue weighted by atomic mass is 10.0. The van der Waals surface area contributed by atoms with E-state index in [0.717, 1.165) is 10.6 Å². The highest BCUT2D eigenvalue weighted by Crippen LogP contribution is 2.37. The average Bonchev–Trinajstić information content (AvgIpc) is 2.75. The second-order valence-electron chi connectivity index (χ2n) is 3.72. The van der Waals surface area contributed by atoms with Crippen molar-refractivity contribution in [2.24, 2.45) is 5.84 Å². The van der Waals surface area contributed by atoms with Crippen LogP contribution < -0.4 is 11.3 Å². The van der Waals surface area contributed by atoms with Crippen LogP contribution in [-0.2, 0) is 0 Å². The van der Waals surface area contributed by atoms with E-state index in [2.05, 4.69) is 5.43 Å². The molecule has 0 saturated carbocycles. The van der Waals surface area contributed by atoms with Crippen LogP contribution in [0.3, 0.4) is 0 Å². The Labute approximate surface area is 99.5 Å². The van der Waals surface area contributed by atoms with Gasteiger partial charge in [0.15, 0.2) is 0 Å². The topological polar surface area (TPSA) is 38.0 Å². The molecule has 2 unspecified atom stereocenters. The van der Waals surface area contributed by atoms with Gasteiger partial charge in [0.1, 0.15) is 0 Å². The molecule has 1 fully saturated rings. The number of halogens is 1. The molecule has 82 valence electrons. The Bertz CT molecular complexity index is 326. The first kappa shape index (κ1) is 11.3. The fraction of sp³-hybridized carbons (Fsp3) is 0.455. The zero-order chi connectivity index (χ0) is 10.7. The lowest BCUT2D eigenvalue weighted by Gasteiger charge is -2.23. The molecule has 0 aromatic heterocycles. The maximum absolute atomic E-state index is 6.17. The lowest BCUT2D eigenvalue weighted by Crippen LogP contribution is -2.34. The molecule has 15 heavy (non-hydrogen) atoms. The number of hydrogen-bond acceptors (Lipinski definition) is 3. The van der Waals surface area contributed by atoms with Crippen LogP contribution in [-0.4, -0.2) is 11.0 Å². The average molecular weight is 243 g/mol.